The van der Waals surface area contributed by atoms with Crippen molar-refractivity contribution >= 4 is 5.91 Å². The molecule has 0 aliphatic carbocycles. The molecule has 0 bridgehead atoms. The van der Waals surface area contributed by atoms with Gasteiger partial charge in [0.15, 0.2) is 0 Å². The van der Waals surface area contributed by atoms with Crippen LogP contribution in [-0.4, -0.2) is 82.6 Å². The Bertz CT molecular complexity index is 585. The van der Waals surface area contributed by atoms with Gasteiger partial charge in [-0.15, -0.1) is 10.2 Å². The minimum Gasteiger partial charge on any atom is -0.369 e. The van der Waals surface area contributed by atoms with Crippen LogP contribution in [0, 0.1) is 6.92 Å². The SMILES string of the molecule is CCn1c(C)nnc1CN1CC(COCC(=O)N(C)C)OC(C)(C)C1. The van der Waals surface area contributed by atoms with Gasteiger partial charge in [-0.2, -0.15) is 0 Å². The Hall–Kier alpha value is -1.51. The molecule has 1 aliphatic rings. The lowest BCUT2D eigenvalue weighted by molar-refractivity contribution is -0.161. The van der Waals surface area contributed by atoms with Gasteiger partial charge in [0.25, 0.3) is 0 Å². The van der Waals surface area contributed by atoms with E-state index < -0.39 is 0 Å². The molecule has 0 radical (unpaired) electrons. The topological polar surface area (TPSA) is 72.7 Å². The van der Waals surface area contributed by atoms with Crippen molar-refractivity contribution in [2.45, 2.75) is 52.5 Å². The third-order valence-electron chi connectivity index (χ3n) is 4.27. The molecule has 1 fully saturated rings. The number of rotatable bonds is 7. The number of nitrogens with zero attached hydrogens (tertiary/aromatic N) is 5. The number of aromatic nitrogens is 3. The lowest BCUT2D eigenvalue weighted by atomic mass is 10.1. The highest BCUT2D eigenvalue weighted by atomic mass is 16.5. The third-order valence-corrected chi connectivity index (χ3v) is 4.27. The number of carbonyl (C=O) groups excluding carboxylic acids is 1. The first-order valence-electron chi connectivity index (χ1n) is 8.78. The Morgan fingerprint density at radius 2 is 2.12 bits per heavy atom. The van der Waals surface area contributed by atoms with Crippen LogP contribution in [-0.2, 0) is 27.4 Å². The van der Waals surface area contributed by atoms with Gasteiger partial charge in [-0.05, 0) is 27.7 Å². The van der Waals surface area contributed by atoms with E-state index >= 15 is 0 Å². The van der Waals surface area contributed by atoms with Crippen LogP contribution in [0.5, 0.6) is 0 Å². The second kappa shape index (κ2) is 8.25. The molecule has 1 aromatic rings. The van der Waals surface area contributed by atoms with Crippen LogP contribution in [0.2, 0.25) is 0 Å². The van der Waals surface area contributed by atoms with Crippen molar-refractivity contribution in [2.75, 3.05) is 40.4 Å². The van der Waals surface area contributed by atoms with Crippen molar-refractivity contribution in [3.63, 3.8) is 0 Å². The van der Waals surface area contributed by atoms with Crippen LogP contribution in [0.3, 0.4) is 0 Å². The van der Waals surface area contributed by atoms with E-state index in [1.54, 1.807) is 14.1 Å². The summed E-state index contributed by atoms with van der Waals surface area (Å²) in [7, 11) is 3.44. The van der Waals surface area contributed by atoms with Crippen molar-refractivity contribution in [1.82, 2.24) is 24.6 Å². The van der Waals surface area contributed by atoms with Gasteiger partial charge < -0.3 is 18.9 Å². The summed E-state index contributed by atoms with van der Waals surface area (Å²) in [5.41, 5.74) is -0.274. The Morgan fingerprint density at radius 1 is 1.40 bits per heavy atom. The molecule has 1 amide bonds. The molecule has 0 N–H and O–H groups in total. The molecule has 2 heterocycles. The van der Waals surface area contributed by atoms with Gasteiger partial charge in [-0.25, -0.2) is 0 Å². The highest BCUT2D eigenvalue weighted by Crippen LogP contribution is 2.22. The molecule has 8 nitrogen and oxygen atoms in total. The van der Waals surface area contributed by atoms with Gasteiger partial charge in [0, 0.05) is 33.7 Å². The second-order valence-corrected chi connectivity index (χ2v) is 7.38. The van der Waals surface area contributed by atoms with E-state index in [1.807, 2.05) is 6.92 Å². The van der Waals surface area contributed by atoms with Crippen LogP contribution < -0.4 is 0 Å². The number of ether oxygens (including phenoxy) is 2. The molecule has 25 heavy (non-hydrogen) atoms. The minimum absolute atomic E-state index is 0.0431. The summed E-state index contributed by atoms with van der Waals surface area (Å²) in [5.74, 6) is 1.87. The molecule has 142 valence electrons. The first kappa shape index (κ1) is 19.8. The smallest absolute Gasteiger partial charge is 0.248 e. The molecule has 0 aromatic carbocycles. The van der Waals surface area contributed by atoms with Crippen molar-refractivity contribution in [1.29, 1.82) is 0 Å². The zero-order valence-corrected chi connectivity index (χ0v) is 16.3. The van der Waals surface area contributed by atoms with E-state index in [0.717, 1.165) is 37.8 Å². The lowest BCUT2D eigenvalue weighted by Crippen LogP contribution is -2.53. The number of likely N-dealkylation sites (N-methyl/N-ethyl adjacent to an activating group) is 1. The van der Waals surface area contributed by atoms with Crippen molar-refractivity contribution < 1.29 is 14.3 Å². The van der Waals surface area contributed by atoms with E-state index in [-0.39, 0.29) is 24.2 Å². The fourth-order valence-electron chi connectivity index (χ4n) is 3.18. The minimum atomic E-state index is -0.274. The number of aryl methyl sites for hydroxylation is 1. The number of morpholine rings is 1. The molecule has 1 saturated heterocycles. The molecule has 1 aromatic heterocycles. The Kier molecular flexibility index (Phi) is 6.53. The summed E-state index contributed by atoms with van der Waals surface area (Å²) in [4.78, 5) is 15.5. The van der Waals surface area contributed by atoms with E-state index in [1.165, 1.54) is 4.90 Å². The zero-order chi connectivity index (χ0) is 18.6. The Morgan fingerprint density at radius 3 is 2.76 bits per heavy atom. The maximum atomic E-state index is 11.6. The monoisotopic (exact) mass is 353 g/mol. The number of carbonyl (C=O) groups is 1. The summed E-state index contributed by atoms with van der Waals surface area (Å²) in [6.45, 7) is 11.9. The number of hydrogen-bond acceptors (Lipinski definition) is 6. The van der Waals surface area contributed by atoms with Crippen molar-refractivity contribution in [3.8, 4) is 0 Å². The van der Waals surface area contributed by atoms with E-state index in [0.29, 0.717) is 6.61 Å². The number of amides is 1. The predicted octanol–water partition coefficient (Wildman–Crippen LogP) is 0.691. The van der Waals surface area contributed by atoms with Gasteiger partial charge >= 0.3 is 0 Å². The molecule has 0 spiro atoms. The molecular formula is C17H31N5O3. The maximum absolute atomic E-state index is 11.6. The van der Waals surface area contributed by atoms with E-state index in [2.05, 4.69) is 40.4 Å². The van der Waals surface area contributed by atoms with E-state index in [9.17, 15) is 4.79 Å². The Balaban J connectivity index is 1.94. The average Bonchev–Trinajstić information content (AvgIpc) is 2.85. The summed E-state index contributed by atoms with van der Waals surface area (Å²) in [6.07, 6.45) is -0.0715. The first-order valence-corrected chi connectivity index (χ1v) is 8.78. The van der Waals surface area contributed by atoms with Crippen molar-refractivity contribution in [3.05, 3.63) is 11.6 Å². The summed E-state index contributed by atoms with van der Waals surface area (Å²) >= 11 is 0. The average molecular weight is 353 g/mol. The zero-order valence-electron chi connectivity index (χ0n) is 16.3. The van der Waals surface area contributed by atoms with Gasteiger partial charge in [0.2, 0.25) is 5.91 Å². The van der Waals surface area contributed by atoms with Crippen LogP contribution in [0.25, 0.3) is 0 Å². The third kappa shape index (κ3) is 5.49. The molecule has 0 saturated carbocycles. The van der Waals surface area contributed by atoms with E-state index in [4.69, 9.17) is 9.47 Å². The fraction of sp³-hybridized carbons (Fsp3) is 0.824. The summed E-state index contributed by atoms with van der Waals surface area (Å²) in [6, 6.07) is 0. The standard InChI is InChI=1S/C17H31N5O3/c1-7-22-13(2)18-19-15(22)9-21-8-14(25-17(3,4)12-21)10-24-11-16(23)20(5)6/h14H,7-12H2,1-6H3. The molecule has 1 aliphatic heterocycles. The van der Waals surface area contributed by atoms with Crippen LogP contribution in [0.1, 0.15) is 32.4 Å². The Labute approximate surface area is 150 Å². The molecule has 2 rings (SSSR count). The highest BCUT2D eigenvalue weighted by molar-refractivity contribution is 5.76. The highest BCUT2D eigenvalue weighted by Gasteiger charge is 2.34. The van der Waals surface area contributed by atoms with Gasteiger partial charge in [-0.1, -0.05) is 0 Å². The largest absolute Gasteiger partial charge is 0.369 e. The van der Waals surface area contributed by atoms with Gasteiger partial charge in [0.05, 0.1) is 24.9 Å². The maximum Gasteiger partial charge on any atom is 0.248 e. The van der Waals surface area contributed by atoms with Crippen LogP contribution in [0.4, 0.5) is 0 Å². The van der Waals surface area contributed by atoms with Crippen LogP contribution >= 0.6 is 0 Å². The number of hydrogen-bond donors (Lipinski definition) is 0. The molecular weight excluding hydrogens is 322 g/mol. The predicted molar refractivity (Wildman–Crippen MR) is 94.2 cm³/mol. The summed E-state index contributed by atoms with van der Waals surface area (Å²) in [5, 5.41) is 8.49. The molecule has 1 atom stereocenters. The molecule has 1 unspecified atom stereocenters. The molecule has 8 heteroatoms. The first-order chi connectivity index (χ1) is 11.7. The van der Waals surface area contributed by atoms with Gasteiger partial charge in [0.1, 0.15) is 18.3 Å². The van der Waals surface area contributed by atoms with Gasteiger partial charge in [-0.3, -0.25) is 9.69 Å². The quantitative estimate of drug-likeness (QED) is 0.718. The second-order valence-electron chi connectivity index (χ2n) is 7.38. The normalized spacial score (nSPS) is 20.6. The lowest BCUT2D eigenvalue weighted by Gasteiger charge is -2.42. The fourth-order valence-corrected chi connectivity index (χ4v) is 3.18. The van der Waals surface area contributed by atoms with Crippen LogP contribution in [0.15, 0.2) is 0 Å². The summed E-state index contributed by atoms with van der Waals surface area (Å²) < 4.78 is 13.8. The van der Waals surface area contributed by atoms with Crippen molar-refractivity contribution in [2.24, 2.45) is 0 Å².